The fraction of sp³-hybridized carbons (Fsp3) is 0.333. The molecule has 0 aliphatic heterocycles. The highest BCUT2D eigenvalue weighted by Crippen LogP contribution is 2.34. The first kappa shape index (κ1) is 21.9. The molecule has 0 atom stereocenters. The number of carbonyl (C=O) groups is 2. The maximum absolute atomic E-state index is 13.2. The molecule has 0 spiro atoms. The van der Waals surface area contributed by atoms with E-state index in [0.717, 1.165) is 0 Å². The summed E-state index contributed by atoms with van der Waals surface area (Å²) >= 11 is 0. The third-order valence-corrected chi connectivity index (χ3v) is 3.68. The molecule has 1 aromatic carbocycles. The molecule has 0 aliphatic carbocycles. The minimum absolute atomic E-state index is 0.0493. The summed E-state index contributed by atoms with van der Waals surface area (Å²) in [6.07, 6.45) is -3.96. The summed E-state index contributed by atoms with van der Waals surface area (Å²) in [6.45, 7) is 1.51. The van der Waals surface area contributed by atoms with E-state index in [4.69, 9.17) is 0 Å². The van der Waals surface area contributed by atoms with Crippen molar-refractivity contribution in [1.29, 1.82) is 0 Å². The summed E-state index contributed by atoms with van der Waals surface area (Å²) < 4.78 is 39.6. The number of amides is 2. The summed E-state index contributed by atoms with van der Waals surface area (Å²) in [4.78, 5) is 31.8. The molecule has 0 fully saturated rings. The topological polar surface area (TPSA) is 99.2 Å². The van der Waals surface area contributed by atoms with Gasteiger partial charge in [-0.2, -0.15) is 18.2 Å². The molecule has 2 aromatic rings. The number of anilines is 3. The van der Waals surface area contributed by atoms with Crippen molar-refractivity contribution in [3.05, 3.63) is 41.6 Å². The van der Waals surface area contributed by atoms with E-state index in [1.165, 1.54) is 11.8 Å². The number of nitrogens with one attached hydrogen (secondary N) is 3. The number of benzene rings is 1. The van der Waals surface area contributed by atoms with Gasteiger partial charge in [-0.25, -0.2) is 4.98 Å². The van der Waals surface area contributed by atoms with E-state index < -0.39 is 17.6 Å². The standard InChI is InChI=1S/C18H21F3N6O2/c1-11(28)22-8-9-23-15-14(18(19,20)21)10-24-17(26-15)25-13-6-4-12(5-7-13)16(29)27(2)3/h4-7,10H,8-9H2,1-3H3,(H,22,28)(H2,23,24,25,26). The molecule has 1 heterocycles. The molecule has 3 N–H and O–H groups in total. The number of nitrogens with zero attached hydrogens (tertiary/aromatic N) is 3. The van der Waals surface area contributed by atoms with Crippen molar-refractivity contribution in [2.45, 2.75) is 13.1 Å². The zero-order chi connectivity index (χ0) is 21.6. The molecule has 0 radical (unpaired) electrons. The van der Waals surface area contributed by atoms with Crippen molar-refractivity contribution in [1.82, 2.24) is 20.2 Å². The van der Waals surface area contributed by atoms with Crippen LogP contribution in [0.1, 0.15) is 22.8 Å². The second kappa shape index (κ2) is 9.22. The molecular weight excluding hydrogens is 389 g/mol. The predicted octanol–water partition coefficient (Wildman–Crippen LogP) is 2.49. The fourth-order valence-electron chi connectivity index (χ4n) is 2.29. The number of carbonyl (C=O) groups excluding carboxylic acids is 2. The molecular formula is C18H21F3N6O2. The first-order valence-corrected chi connectivity index (χ1v) is 8.59. The van der Waals surface area contributed by atoms with E-state index in [-0.39, 0.29) is 30.9 Å². The maximum atomic E-state index is 13.2. The van der Waals surface area contributed by atoms with Gasteiger partial charge in [0, 0.05) is 51.6 Å². The monoisotopic (exact) mass is 410 g/mol. The molecule has 0 saturated carbocycles. The quantitative estimate of drug-likeness (QED) is 0.607. The van der Waals surface area contributed by atoms with Crippen LogP contribution >= 0.6 is 0 Å². The average molecular weight is 410 g/mol. The molecule has 0 saturated heterocycles. The number of halogens is 3. The lowest BCUT2D eigenvalue weighted by molar-refractivity contribution is -0.137. The van der Waals surface area contributed by atoms with Gasteiger partial charge in [-0.1, -0.05) is 0 Å². The van der Waals surface area contributed by atoms with Gasteiger partial charge in [0.2, 0.25) is 11.9 Å². The highest BCUT2D eigenvalue weighted by atomic mass is 19.4. The summed E-state index contributed by atoms with van der Waals surface area (Å²) in [5.74, 6) is -0.913. The van der Waals surface area contributed by atoms with Gasteiger partial charge in [-0.3, -0.25) is 9.59 Å². The van der Waals surface area contributed by atoms with Crippen LogP contribution < -0.4 is 16.0 Å². The van der Waals surface area contributed by atoms with Crippen LogP contribution in [0.15, 0.2) is 30.5 Å². The first-order valence-electron chi connectivity index (χ1n) is 8.59. The number of hydrogen-bond donors (Lipinski definition) is 3. The Bertz CT molecular complexity index is 869. The number of aromatic nitrogens is 2. The minimum Gasteiger partial charge on any atom is -0.368 e. The van der Waals surface area contributed by atoms with Crippen LogP contribution in [0.25, 0.3) is 0 Å². The highest BCUT2D eigenvalue weighted by molar-refractivity contribution is 5.94. The summed E-state index contributed by atoms with van der Waals surface area (Å²) in [7, 11) is 3.26. The summed E-state index contributed by atoms with van der Waals surface area (Å²) in [5.41, 5.74) is -0.0451. The Morgan fingerprint density at radius 2 is 1.76 bits per heavy atom. The zero-order valence-corrected chi connectivity index (χ0v) is 16.1. The van der Waals surface area contributed by atoms with Crippen LogP contribution in [0.5, 0.6) is 0 Å². The smallest absolute Gasteiger partial charge is 0.368 e. The lowest BCUT2D eigenvalue weighted by Gasteiger charge is -2.15. The van der Waals surface area contributed by atoms with E-state index in [0.29, 0.717) is 17.4 Å². The number of alkyl halides is 3. The van der Waals surface area contributed by atoms with E-state index in [2.05, 4.69) is 25.9 Å². The second-order valence-electron chi connectivity index (χ2n) is 6.27. The second-order valence-corrected chi connectivity index (χ2v) is 6.27. The number of hydrogen-bond acceptors (Lipinski definition) is 6. The lowest BCUT2D eigenvalue weighted by Crippen LogP contribution is -2.27. The Balaban J connectivity index is 2.17. The van der Waals surface area contributed by atoms with Gasteiger partial charge < -0.3 is 20.9 Å². The van der Waals surface area contributed by atoms with Crippen LogP contribution in [0.2, 0.25) is 0 Å². The fourth-order valence-corrected chi connectivity index (χ4v) is 2.29. The van der Waals surface area contributed by atoms with Gasteiger partial charge in [-0.05, 0) is 24.3 Å². The van der Waals surface area contributed by atoms with Crippen LogP contribution in [0.3, 0.4) is 0 Å². The van der Waals surface area contributed by atoms with Crippen molar-refractivity contribution in [3.63, 3.8) is 0 Å². The van der Waals surface area contributed by atoms with Crippen molar-refractivity contribution in [2.75, 3.05) is 37.8 Å². The van der Waals surface area contributed by atoms with Crippen LogP contribution in [-0.2, 0) is 11.0 Å². The molecule has 2 rings (SSSR count). The Morgan fingerprint density at radius 1 is 1.10 bits per heavy atom. The molecule has 0 bridgehead atoms. The van der Waals surface area contributed by atoms with Crippen molar-refractivity contribution in [2.24, 2.45) is 0 Å². The lowest BCUT2D eigenvalue weighted by atomic mass is 10.2. The third-order valence-electron chi connectivity index (χ3n) is 3.68. The first-order chi connectivity index (χ1) is 13.6. The molecule has 29 heavy (non-hydrogen) atoms. The van der Waals surface area contributed by atoms with Gasteiger partial charge >= 0.3 is 6.18 Å². The molecule has 2 amide bonds. The van der Waals surface area contributed by atoms with Crippen molar-refractivity contribution in [3.8, 4) is 0 Å². The van der Waals surface area contributed by atoms with Gasteiger partial charge in [0.15, 0.2) is 0 Å². The SMILES string of the molecule is CC(=O)NCCNc1nc(Nc2ccc(C(=O)N(C)C)cc2)ncc1C(F)(F)F. The van der Waals surface area contributed by atoms with Crippen molar-refractivity contribution < 1.29 is 22.8 Å². The van der Waals surface area contributed by atoms with E-state index in [1.54, 1.807) is 38.4 Å². The zero-order valence-electron chi connectivity index (χ0n) is 16.1. The normalized spacial score (nSPS) is 11.0. The van der Waals surface area contributed by atoms with E-state index in [9.17, 15) is 22.8 Å². The number of rotatable bonds is 7. The molecule has 0 unspecified atom stereocenters. The minimum atomic E-state index is -4.64. The van der Waals surface area contributed by atoms with E-state index in [1.807, 2.05) is 0 Å². The summed E-state index contributed by atoms with van der Waals surface area (Å²) in [6, 6.07) is 6.37. The van der Waals surface area contributed by atoms with Crippen LogP contribution in [0.4, 0.5) is 30.6 Å². The van der Waals surface area contributed by atoms with Gasteiger partial charge in [-0.15, -0.1) is 0 Å². The molecule has 8 nitrogen and oxygen atoms in total. The molecule has 11 heteroatoms. The van der Waals surface area contributed by atoms with Crippen molar-refractivity contribution >= 4 is 29.3 Å². The maximum Gasteiger partial charge on any atom is 0.421 e. The van der Waals surface area contributed by atoms with Crippen LogP contribution in [0, 0.1) is 0 Å². The molecule has 1 aromatic heterocycles. The average Bonchev–Trinajstić information content (AvgIpc) is 2.64. The molecule has 156 valence electrons. The Kier molecular flexibility index (Phi) is 6.97. The van der Waals surface area contributed by atoms with Gasteiger partial charge in [0.25, 0.3) is 5.91 Å². The van der Waals surface area contributed by atoms with Gasteiger partial charge in [0.1, 0.15) is 11.4 Å². The predicted molar refractivity (Wildman–Crippen MR) is 102 cm³/mol. The Morgan fingerprint density at radius 3 is 2.31 bits per heavy atom. The van der Waals surface area contributed by atoms with E-state index >= 15 is 0 Å². The third kappa shape index (κ3) is 6.33. The van der Waals surface area contributed by atoms with Gasteiger partial charge in [0.05, 0.1) is 0 Å². The Hall–Kier alpha value is -3.37. The summed E-state index contributed by atoms with van der Waals surface area (Å²) in [5, 5.41) is 7.84. The Labute approximate surface area is 165 Å². The van der Waals surface area contributed by atoms with Crippen LogP contribution in [-0.4, -0.2) is 53.9 Å². The largest absolute Gasteiger partial charge is 0.421 e. The molecule has 0 aliphatic rings. The highest BCUT2D eigenvalue weighted by Gasteiger charge is 2.35.